The van der Waals surface area contributed by atoms with E-state index >= 15 is 0 Å². The summed E-state index contributed by atoms with van der Waals surface area (Å²) >= 11 is 0. The van der Waals surface area contributed by atoms with E-state index in [2.05, 4.69) is 5.32 Å². The number of amides is 1. The third kappa shape index (κ3) is 4.74. The summed E-state index contributed by atoms with van der Waals surface area (Å²) in [4.78, 5) is 11.6. The van der Waals surface area contributed by atoms with Crippen molar-refractivity contribution in [2.45, 2.75) is 39.3 Å². The number of carbonyl (C=O) groups excluding carboxylic acids is 1. The van der Waals surface area contributed by atoms with E-state index in [4.69, 9.17) is 15.2 Å². The molecule has 3 N–H and O–H groups in total. The van der Waals surface area contributed by atoms with Crippen LogP contribution in [0.3, 0.4) is 0 Å². The zero-order valence-corrected chi connectivity index (χ0v) is 12.8. The Labute approximate surface area is 120 Å². The van der Waals surface area contributed by atoms with Crippen LogP contribution in [0.5, 0.6) is 5.75 Å². The molecule has 1 unspecified atom stereocenters. The fourth-order valence-electron chi connectivity index (χ4n) is 1.92. The summed E-state index contributed by atoms with van der Waals surface area (Å²) in [6, 6.07) is 5.38. The van der Waals surface area contributed by atoms with Gasteiger partial charge in [-0.3, -0.25) is 0 Å². The number of ether oxygens (including phenoxy) is 2. The summed E-state index contributed by atoms with van der Waals surface area (Å²) in [6.45, 7) is 7.70. The maximum atomic E-state index is 11.6. The quantitative estimate of drug-likeness (QED) is 0.889. The number of rotatable bonds is 4. The Hall–Kier alpha value is -1.75. The van der Waals surface area contributed by atoms with Crippen LogP contribution < -0.4 is 15.8 Å². The Kier molecular flexibility index (Phi) is 5.39. The topological polar surface area (TPSA) is 73.6 Å². The van der Waals surface area contributed by atoms with E-state index in [1.807, 2.05) is 45.9 Å². The lowest BCUT2D eigenvalue weighted by Crippen LogP contribution is -2.36. The minimum atomic E-state index is -0.519. The number of nitrogens with two attached hydrogens (primary N) is 1. The van der Waals surface area contributed by atoms with Crippen molar-refractivity contribution in [1.82, 2.24) is 5.32 Å². The van der Waals surface area contributed by atoms with Crippen LogP contribution in [0.1, 0.15) is 37.9 Å². The molecule has 20 heavy (non-hydrogen) atoms. The van der Waals surface area contributed by atoms with Crippen LogP contribution in [0.4, 0.5) is 4.79 Å². The number of alkyl carbamates (subject to hydrolysis) is 1. The number of carbonyl (C=O) groups is 1. The molecular formula is C15H24N2O3. The Morgan fingerprint density at radius 1 is 1.40 bits per heavy atom. The molecule has 0 aliphatic heterocycles. The molecule has 0 heterocycles. The minimum absolute atomic E-state index is 0.288. The normalized spacial score (nSPS) is 12.7. The van der Waals surface area contributed by atoms with Gasteiger partial charge in [0.15, 0.2) is 0 Å². The van der Waals surface area contributed by atoms with Crippen LogP contribution in [0.15, 0.2) is 18.2 Å². The van der Waals surface area contributed by atoms with Crippen molar-refractivity contribution in [3.05, 3.63) is 29.3 Å². The van der Waals surface area contributed by atoms with Gasteiger partial charge in [0.25, 0.3) is 0 Å². The molecule has 0 aliphatic carbocycles. The van der Waals surface area contributed by atoms with Crippen molar-refractivity contribution in [2.24, 2.45) is 5.73 Å². The average molecular weight is 280 g/mol. The fraction of sp³-hybridized carbons (Fsp3) is 0.533. The molecule has 5 heteroatoms. The molecule has 112 valence electrons. The van der Waals surface area contributed by atoms with Crippen molar-refractivity contribution in [2.75, 3.05) is 13.7 Å². The summed E-state index contributed by atoms with van der Waals surface area (Å²) in [7, 11) is 1.60. The molecule has 5 nitrogen and oxygen atoms in total. The van der Waals surface area contributed by atoms with Crippen molar-refractivity contribution in [3.8, 4) is 5.75 Å². The van der Waals surface area contributed by atoms with Crippen LogP contribution in [0.2, 0.25) is 0 Å². The molecule has 1 amide bonds. The first-order chi connectivity index (χ1) is 9.24. The lowest BCUT2D eigenvalue weighted by molar-refractivity contribution is 0.0524. The lowest BCUT2D eigenvalue weighted by Gasteiger charge is -2.22. The third-order valence-electron chi connectivity index (χ3n) is 2.74. The first-order valence-corrected chi connectivity index (χ1v) is 6.60. The number of nitrogens with one attached hydrogen (secondary N) is 1. The second-order valence-corrected chi connectivity index (χ2v) is 5.68. The predicted octanol–water partition coefficient (Wildman–Crippen LogP) is 2.53. The first kappa shape index (κ1) is 16.3. The number of hydrogen-bond acceptors (Lipinski definition) is 4. The molecule has 1 aromatic rings. The maximum absolute atomic E-state index is 11.6. The van der Waals surface area contributed by atoms with E-state index in [1.54, 1.807) is 7.11 Å². The molecule has 0 saturated heterocycles. The summed E-state index contributed by atoms with van der Waals surface area (Å²) in [5.74, 6) is 0.725. The third-order valence-corrected chi connectivity index (χ3v) is 2.74. The van der Waals surface area contributed by atoms with Gasteiger partial charge in [0.1, 0.15) is 11.4 Å². The van der Waals surface area contributed by atoms with E-state index in [0.717, 1.165) is 16.9 Å². The Bertz CT molecular complexity index is 467. The molecule has 0 aromatic heterocycles. The summed E-state index contributed by atoms with van der Waals surface area (Å²) in [5, 5.41) is 2.67. The van der Waals surface area contributed by atoms with Gasteiger partial charge in [-0.25, -0.2) is 4.79 Å². The van der Waals surface area contributed by atoms with Crippen LogP contribution in [-0.2, 0) is 4.74 Å². The van der Waals surface area contributed by atoms with Gasteiger partial charge in [0, 0.05) is 12.1 Å². The Morgan fingerprint density at radius 2 is 2.05 bits per heavy atom. The van der Waals surface area contributed by atoms with Gasteiger partial charge in [-0.15, -0.1) is 0 Å². The van der Waals surface area contributed by atoms with Gasteiger partial charge in [-0.05, 0) is 39.3 Å². The van der Waals surface area contributed by atoms with Crippen molar-refractivity contribution >= 4 is 6.09 Å². The fourth-order valence-corrected chi connectivity index (χ4v) is 1.92. The van der Waals surface area contributed by atoms with Crippen LogP contribution in [0, 0.1) is 6.92 Å². The number of benzene rings is 1. The molecule has 1 rings (SSSR count). The SMILES string of the molecule is COc1cccc(C)c1C(N)CNC(=O)OC(C)(C)C. The number of aryl methyl sites for hydroxylation is 1. The van der Waals surface area contributed by atoms with Crippen molar-refractivity contribution in [1.29, 1.82) is 0 Å². The molecule has 0 fully saturated rings. The molecule has 1 aromatic carbocycles. The monoisotopic (exact) mass is 280 g/mol. The Morgan fingerprint density at radius 3 is 2.60 bits per heavy atom. The molecule has 0 saturated carbocycles. The molecular weight excluding hydrogens is 256 g/mol. The largest absolute Gasteiger partial charge is 0.496 e. The molecule has 0 spiro atoms. The minimum Gasteiger partial charge on any atom is -0.496 e. The second-order valence-electron chi connectivity index (χ2n) is 5.68. The predicted molar refractivity (Wildman–Crippen MR) is 78.9 cm³/mol. The highest BCUT2D eigenvalue weighted by Crippen LogP contribution is 2.26. The van der Waals surface area contributed by atoms with Gasteiger partial charge >= 0.3 is 6.09 Å². The highest BCUT2D eigenvalue weighted by molar-refractivity contribution is 5.67. The van der Waals surface area contributed by atoms with E-state index < -0.39 is 11.7 Å². The zero-order chi connectivity index (χ0) is 15.3. The number of methoxy groups -OCH3 is 1. The van der Waals surface area contributed by atoms with E-state index in [1.165, 1.54) is 0 Å². The van der Waals surface area contributed by atoms with Crippen molar-refractivity contribution in [3.63, 3.8) is 0 Å². The van der Waals surface area contributed by atoms with E-state index in [0.29, 0.717) is 0 Å². The van der Waals surface area contributed by atoms with Gasteiger partial charge in [0.05, 0.1) is 13.2 Å². The zero-order valence-electron chi connectivity index (χ0n) is 12.8. The molecule has 1 atom stereocenters. The van der Waals surface area contributed by atoms with E-state index in [-0.39, 0.29) is 12.6 Å². The second kappa shape index (κ2) is 6.61. The highest BCUT2D eigenvalue weighted by Gasteiger charge is 2.19. The van der Waals surface area contributed by atoms with E-state index in [9.17, 15) is 4.79 Å². The Balaban J connectivity index is 2.68. The van der Waals surface area contributed by atoms with Crippen LogP contribution in [0.25, 0.3) is 0 Å². The summed E-state index contributed by atoms with van der Waals surface area (Å²) in [6.07, 6.45) is -0.472. The summed E-state index contributed by atoms with van der Waals surface area (Å²) in [5.41, 5.74) is 7.54. The van der Waals surface area contributed by atoms with Gasteiger partial charge in [-0.2, -0.15) is 0 Å². The summed E-state index contributed by atoms with van der Waals surface area (Å²) < 4.78 is 10.5. The molecule has 0 aliphatic rings. The standard InChI is InChI=1S/C15H24N2O3/c1-10-7-6-8-12(19-5)13(10)11(16)9-17-14(18)20-15(2,3)4/h6-8,11H,9,16H2,1-5H3,(H,17,18). The highest BCUT2D eigenvalue weighted by atomic mass is 16.6. The first-order valence-electron chi connectivity index (χ1n) is 6.60. The molecule has 0 radical (unpaired) electrons. The lowest BCUT2D eigenvalue weighted by atomic mass is 10.0. The van der Waals surface area contributed by atoms with Gasteiger partial charge < -0.3 is 20.5 Å². The van der Waals surface area contributed by atoms with Crippen LogP contribution >= 0.6 is 0 Å². The molecule has 0 bridgehead atoms. The van der Waals surface area contributed by atoms with Gasteiger partial charge in [0.2, 0.25) is 0 Å². The van der Waals surface area contributed by atoms with Crippen molar-refractivity contribution < 1.29 is 14.3 Å². The van der Waals surface area contributed by atoms with Crippen LogP contribution in [-0.4, -0.2) is 25.3 Å². The maximum Gasteiger partial charge on any atom is 0.407 e. The van der Waals surface area contributed by atoms with Gasteiger partial charge in [-0.1, -0.05) is 12.1 Å². The number of hydrogen-bond donors (Lipinski definition) is 2. The smallest absolute Gasteiger partial charge is 0.407 e. The average Bonchev–Trinajstić information content (AvgIpc) is 2.33.